The van der Waals surface area contributed by atoms with E-state index in [1.807, 2.05) is 26.0 Å². The predicted octanol–water partition coefficient (Wildman–Crippen LogP) is 4.82. The summed E-state index contributed by atoms with van der Waals surface area (Å²) >= 11 is 1.55. The minimum absolute atomic E-state index is 0.0603. The molecular formula is C28H39N5O5S2. The van der Waals surface area contributed by atoms with Crippen LogP contribution in [-0.2, 0) is 10.0 Å². The minimum atomic E-state index is -3.34. The molecule has 1 fully saturated rings. The van der Waals surface area contributed by atoms with Gasteiger partial charge in [-0.1, -0.05) is 42.5 Å². The number of rotatable bonds is 10. The van der Waals surface area contributed by atoms with Crippen LogP contribution < -0.4 is 9.64 Å². The average Bonchev–Trinajstić information content (AvgIpc) is 3.55. The number of fused-ring (bicyclic) bond motifs is 1. The fraction of sp³-hybridized carbons (Fsp3) is 0.607. The van der Waals surface area contributed by atoms with Gasteiger partial charge in [-0.05, 0) is 56.4 Å². The predicted molar refractivity (Wildman–Crippen MR) is 157 cm³/mol. The van der Waals surface area contributed by atoms with Gasteiger partial charge in [0, 0.05) is 44.9 Å². The van der Waals surface area contributed by atoms with E-state index >= 15 is 0 Å². The van der Waals surface area contributed by atoms with Crippen LogP contribution in [0.4, 0.5) is 6.01 Å². The Morgan fingerprint density at radius 1 is 1.20 bits per heavy atom. The molecule has 0 bridgehead atoms. The fourth-order valence-corrected chi connectivity index (χ4v) is 7.39. The molecule has 0 aliphatic carbocycles. The quantitative estimate of drug-likeness (QED) is 0.355. The molecule has 0 spiro atoms. The highest BCUT2D eigenvalue weighted by atomic mass is 32.2. The maximum Gasteiger partial charge on any atom is 0.324 e. The summed E-state index contributed by atoms with van der Waals surface area (Å²) < 4.78 is 39.8. The number of piperidine rings is 1. The van der Waals surface area contributed by atoms with E-state index in [2.05, 4.69) is 27.2 Å². The largest absolute Gasteiger partial charge is 0.467 e. The highest BCUT2D eigenvalue weighted by Crippen LogP contribution is 2.34. The maximum absolute atomic E-state index is 12.8. The molecule has 1 aromatic carbocycles. The van der Waals surface area contributed by atoms with Crippen LogP contribution in [0.3, 0.4) is 0 Å². The minimum Gasteiger partial charge on any atom is -0.467 e. The van der Waals surface area contributed by atoms with E-state index in [-0.39, 0.29) is 17.8 Å². The molecule has 0 amide bonds. The summed E-state index contributed by atoms with van der Waals surface area (Å²) in [6, 6.07) is 6.78. The maximum atomic E-state index is 12.8. The van der Waals surface area contributed by atoms with E-state index in [9.17, 15) is 13.5 Å². The van der Waals surface area contributed by atoms with Gasteiger partial charge in [0.05, 0.1) is 21.6 Å². The lowest BCUT2D eigenvalue weighted by Gasteiger charge is -2.29. The molecule has 2 aliphatic rings. The molecule has 218 valence electrons. The Kier molecular flexibility index (Phi) is 8.51. The Morgan fingerprint density at radius 2 is 1.98 bits per heavy atom. The Balaban J connectivity index is 1.16. The van der Waals surface area contributed by atoms with Crippen molar-refractivity contribution in [2.45, 2.75) is 77.4 Å². The lowest BCUT2D eigenvalue weighted by molar-refractivity contribution is 0.0704. The molecular weight excluding hydrogens is 550 g/mol. The van der Waals surface area contributed by atoms with Gasteiger partial charge >= 0.3 is 6.01 Å². The van der Waals surface area contributed by atoms with Crippen LogP contribution >= 0.6 is 11.3 Å². The van der Waals surface area contributed by atoms with Crippen LogP contribution in [0.2, 0.25) is 0 Å². The van der Waals surface area contributed by atoms with E-state index in [1.165, 1.54) is 0 Å². The van der Waals surface area contributed by atoms with Gasteiger partial charge in [-0.25, -0.2) is 13.4 Å². The molecule has 3 aromatic rings. The molecule has 2 aromatic heterocycles. The SMILES string of the molecule is CC(C)c1noc(N2CCC(Oc3nc4ccc(C5=CCN(S(=O)(=O)CCCC(C)(C)O)CC5)cc4s3)CC2)n1. The van der Waals surface area contributed by atoms with E-state index in [0.717, 1.165) is 53.1 Å². The summed E-state index contributed by atoms with van der Waals surface area (Å²) in [6.07, 6.45) is 5.37. The molecule has 0 atom stereocenters. The van der Waals surface area contributed by atoms with Crippen molar-refractivity contribution in [3.63, 3.8) is 0 Å². The standard InChI is InChI=1S/C28H39N5O5S2/c1-19(2)25-30-26(38-31-25)32-13-10-22(11-14-32)37-27-29-23-7-6-21(18-24(23)39-27)20-8-15-33(16-9-20)40(35,36)17-5-12-28(3,4)34/h6-8,18-19,22,34H,5,9-17H2,1-4H3. The Hall–Kier alpha value is -2.54. The van der Waals surface area contributed by atoms with Crippen LogP contribution in [0.1, 0.15) is 77.1 Å². The number of sulfonamides is 1. The smallest absolute Gasteiger partial charge is 0.324 e. The van der Waals surface area contributed by atoms with Crippen molar-refractivity contribution in [2.24, 2.45) is 0 Å². The van der Waals surface area contributed by atoms with E-state index in [1.54, 1.807) is 29.5 Å². The molecule has 1 N–H and O–H groups in total. The average molecular weight is 590 g/mol. The first-order valence-corrected chi connectivity index (χ1v) is 16.4. The third kappa shape index (κ3) is 7.02. The number of ether oxygens (including phenoxy) is 1. The molecule has 40 heavy (non-hydrogen) atoms. The van der Waals surface area contributed by atoms with Gasteiger partial charge in [0.1, 0.15) is 6.10 Å². The summed E-state index contributed by atoms with van der Waals surface area (Å²) in [7, 11) is -3.34. The van der Waals surface area contributed by atoms with Crippen molar-refractivity contribution in [3.05, 3.63) is 35.7 Å². The molecule has 0 unspecified atom stereocenters. The molecule has 1 saturated heterocycles. The first-order valence-electron chi connectivity index (χ1n) is 14.0. The molecule has 5 rings (SSSR count). The van der Waals surface area contributed by atoms with Crippen LogP contribution in [-0.4, -0.2) is 76.6 Å². The van der Waals surface area contributed by atoms with Crippen molar-refractivity contribution in [2.75, 3.05) is 36.8 Å². The highest BCUT2D eigenvalue weighted by Gasteiger charge is 2.27. The molecule has 2 aliphatic heterocycles. The Morgan fingerprint density at radius 3 is 2.62 bits per heavy atom. The number of hydrogen-bond acceptors (Lipinski definition) is 10. The zero-order chi connectivity index (χ0) is 28.5. The molecule has 0 saturated carbocycles. The Bertz CT molecular complexity index is 1450. The lowest BCUT2D eigenvalue weighted by Crippen LogP contribution is -2.38. The van der Waals surface area contributed by atoms with E-state index in [0.29, 0.717) is 43.6 Å². The van der Waals surface area contributed by atoms with Crippen molar-refractivity contribution in [3.8, 4) is 5.19 Å². The first-order chi connectivity index (χ1) is 19.0. The third-order valence-electron chi connectivity index (χ3n) is 7.42. The molecule has 4 heterocycles. The number of aromatic nitrogens is 3. The highest BCUT2D eigenvalue weighted by molar-refractivity contribution is 7.89. The first kappa shape index (κ1) is 29.0. The van der Waals surface area contributed by atoms with Gasteiger partial charge in [-0.15, -0.1) is 0 Å². The third-order valence-corrected chi connectivity index (χ3v) is 10.3. The molecule has 12 heteroatoms. The second kappa shape index (κ2) is 11.8. The lowest BCUT2D eigenvalue weighted by atomic mass is 10.0. The van der Waals surface area contributed by atoms with Gasteiger partial charge in [0.15, 0.2) is 5.82 Å². The zero-order valence-electron chi connectivity index (χ0n) is 23.7. The van der Waals surface area contributed by atoms with Gasteiger partial charge in [0.2, 0.25) is 10.0 Å². The van der Waals surface area contributed by atoms with Gasteiger partial charge in [0.25, 0.3) is 5.19 Å². The van der Waals surface area contributed by atoms with Crippen LogP contribution in [0.15, 0.2) is 28.8 Å². The number of aliphatic hydroxyl groups is 1. The van der Waals surface area contributed by atoms with Crippen molar-refractivity contribution in [1.82, 2.24) is 19.4 Å². The zero-order valence-corrected chi connectivity index (χ0v) is 25.3. The molecule has 10 nitrogen and oxygen atoms in total. The summed E-state index contributed by atoms with van der Waals surface area (Å²) in [5.41, 5.74) is 2.29. The summed E-state index contributed by atoms with van der Waals surface area (Å²) in [6.45, 7) is 9.92. The monoisotopic (exact) mass is 589 g/mol. The number of benzene rings is 1. The summed E-state index contributed by atoms with van der Waals surface area (Å²) in [5.74, 6) is 1.02. The van der Waals surface area contributed by atoms with Crippen molar-refractivity contribution >= 4 is 43.2 Å². The van der Waals surface area contributed by atoms with Crippen LogP contribution in [0, 0.1) is 0 Å². The number of hydrogen-bond donors (Lipinski definition) is 1. The fourth-order valence-electron chi connectivity index (χ4n) is 5.03. The van der Waals surface area contributed by atoms with Gasteiger partial charge < -0.3 is 19.3 Å². The van der Waals surface area contributed by atoms with Crippen molar-refractivity contribution in [1.29, 1.82) is 0 Å². The normalized spacial score (nSPS) is 18.1. The second-order valence-corrected chi connectivity index (χ2v) is 14.7. The van der Waals surface area contributed by atoms with Gasteiger partial charge in [-0.3, -0.25) is 0 Å². The van der Waals surface area contributed by atoms with Crippen molar-refractivity contribution < 1.29 is 22.8 Å². The van der Waals surface area contributed by atoms with E-state index in [4.69, 9.17) is 14.2 Å². The van der Waals surface area contributed by atoms with Crippen LogP contribution in [0.25, 0.3) is 15.8 Å². The van der Waals surface area contributed by atoms with Crippen LogP contribution in [0.5, 0.6) is 5.19 Å². The summed E-state index contributed by atoms with van der Waals surface area (Å²) in [4.78, 5) is 11.3. The topological polar surface area (TPSA) is 122 Å². The Labute approximate surface area is 240 Å². The summed E-state index contributed by atoms with van der Waals surface area (Å²) in [5, 5.41) is 14.6. The number of nitrogens with zero attached hydrogens (tertiary/aromatic N) is 5. The molecule has 0 radical (unpaired) electrons. The second-order valence-electron chi connectivity index (χ2n) is 11.6. The van der Waals surface area contributed by atoms with Gasteiger partial charge in [-0.2, -0.15) is 9.29 Å². The van der Waals surface area contributed by atoms with E-state index < -0.39 is 15.6 Å². The number of thiazole rings is 1. The number of anilines is 1.